The molecule has 6 heteroatoms. The Morgan fingerprint density at radius 2 is 1.88 bits per heavy atom. The van der Waals surface area contributed by atoms with E-state index in [1.165, 1.54) is 12.0 Å². The van der Waals surface area contributed by atoms with Crippen molar-refractivity contribution in [3.05, 3.63) is 0 Å². The van der Waals surface area contributed by atoms with Crippen molar-refractivity contribution in [2.75, 3.05) is 20.2 Å². The number of amides is 2. The van der Waals surface area contributed by atoms with Gasteiger partial charge >= 0.3 is 5.97 Å². The van der Waals surface area contributed by atoms with Crippen molar-refractivity contribution in [3.8, 4) is 0 Å². The van der Waals surface area contributed by atoms with Gasteiger partial charge in [0.05, 0.1) is 24.9 Å². The van der Waals surface area contributed by atoms with Crippen LogP contribution in [0.15, 0.2) is 0 Å². The van der Waals surface area contributed by atoms with Crippen LogP contribution in [-0.4, -0.2) is 42.9 Å². The normalized spacial score (nSPS) is 30.5. The molecule has 0 aromatic rings. The number of methoxy groups -OCH3 is 1. The summed E-state index contributed by atoms with van der Waals surface area (Å²) in [6.07, 6.45) is 1.50. The predicted molar refractivity (Wildman–Crippen MR) is 57.5 cm³/mol. The summed E-state index contributed by atoms with van der Waals surface area (Å²) in [5.74, 6) is -2.38. The summed E-state index contributed by atoms with van der Waals surface area (Å²) in [6.45, 7) is 0.962. The molecule has 2 rings (SSSR count). The highest BCUT2D eigenvalue weighted by Crippen LogP contribution is 2.53. The maximum atomic E-state index is 11.8. The Labute approximate surface area is 99.1 Å². The summed E-state index contributed by atoms with van der Waals surface area (Å²) in [5.41, 5.74) is 5.35. The molecule has 1 aliphatic carbocycles. The number of hydrogen-bond donors (Lipinski definition) is 1. The van der Waals surface area contributed by atoms with Crippen LogP contribution in [-0.2, 0) is 19.1 Å². The highest BCUT2D eigenvalue weighted by atomic mass is 16.5. The molecule has 1 saturated heterocycles. The van der Waals surface area contributed by atoms with Gasteiger partial charge in [-0.3, -0.25) is 19.3 Å². The van der Waals surface area contributed by atoms with Crippen LogP contribution in [0.3, 0.4) is 0 Å². The van der Waals surface area contributed by atoms with Crippen LogP contribution < -0.4 is 5.73 Å². The second-order valence-corrected chi connectivity index (χ2v) is 4.42. The van der Waals surface area contributed by atoms with Gasteiger partial charge in [0.25, 0.3) is 0 Å². The number of carbonyl (C=O) groups is 3. The first-order valence-electron chi connectivity index (χ1n) is 5.76. The van der Waals surface area contributed by atoms with Crippen molar-refractivity contribution in [1.29, 1.82) is 0 Å². The smallest absolute Gasteiger partial charge is 0.310 e. The van der Waals surface area contributed by atoms with Gasteiger partial charge in [-0.05, 0) is 19.4 Å². The zero-order valence-electron chi connectivity index (χ0n) is 9.72. The van der Waals surface area contributed by atoms with Crippen LogP contribution in [0.5, 0.6) is 0 Å². The largest absolute Gasteiger partial charge is 0.469 e. The molecule has 2 atom stereocenters. The minimum absolute atomic E-state index is 0.229. The number of likely N-dealkylation sites (tertiary alicyclic amines) is 1. The van der Waals surface area contributed by atoms with Crippen molar-refractivity contribution in [2.24, 2.45) is 23.5 Å². The van der Waals surface area contributed by atoms with Crippen LogP contribution in [0, 0.1) is 17.8 Å². The fourth-order valence-corrected chi connectivity index (χ4v) is 2.46. The van der Waals surface area contributed by atoms with Gasteiger partial charge in [-0.2, -0.15) is 0 Å². The molecule has 0 spiro atoms. The number of carbonyl (C=O) groups excluding carboxylic acids is 3. The standard InChI is InChI=1S/C11H16N2O4/c1-17-11(16)8-6-7(8)10(15)13(9(6)14)5-3-2-4-12/h6-8H,2-5,12H2,1H3. The second-order valence-electron chi connectivity index (χ2n) is 4.42. The van der Waals surface area contributed by atoms with E-state index in [2.05, 4.69) is 4.74 Å². The number of nitrogens with two attached hydrogens (primary N) is 1. The van der Waals surface area contributed by atoms with Gasteiger partial charge < -0.3 is 10.5 Å². The fraction of sp³-hybridized carbons (Fsp3) is 0.727. The van der Waals surface area contributed by atoms with Crippen molar-refractivity contribution in [3.63, 3.8) is 0 Å². The number of unbranched alkanes of at least 4 members (excludes halogenated alkanes) is 1. The summed E-state index contributed by atoms with van der Waals surface area (Å²) in [4.78, 5) is 36.2. The molecule has 0 aromatic heterocycles. The van der Waals surface area contributed by atoms with E-state index in [1.54, 1.807) is 0 Å². The Hall–Kier alpha value is -1.43. The molecule has 6 nitrogen and oxygen atoms in total. The van der Waals surface area contributed by atoms with E-state index in [1.807, 2.05) is 0 Å². The lowest BCUT2D eigenvalue weighted by Crippen LogP contribution is -2.36. The summed E-state index contributed by atoms with van der Waals surface area (Å²) in [5, 5.41) is 0. The van der Waals surface area contributed by atoms with E-state index in [0.29, 0.717) is 13.1 Å². The van der Waals surface area contributed by atoms with Gasteiger partial charge in [0.15, 0.2) is 0 Å². The second kappa shape index (κ2) is 4.44. The molecule has 2 unspecified atom stereocenters. The van der Waals surface area contributed by atoms with Crippen LogP contribution in [0.25, 0.3) is 0 Å². The monoisotopic (exact) mass is 240 g/mol. The molecule has 17 heavy (non-hydrogen) atoms. The number of hydrogen-bond acceptors (Lipinski definition) is 5. The quantitative estimate of drug-likeness (QED) is 0.383. The molecule has 94 valence electrons. The predicted octanol–water partition coefficient (Wildman–Crippen LogP) is -0.871. The average Bonchev–Trinajstić information content (AvgIpc) is 3.02. The molecule has 0 bridgehead atoms. The zero-order valence-corrected chi connectivity index (χ0v) is 9.72. The van der Waals surface area contributed by atoms with E-state index in [9.17, 15) is 14.4 Å². The molecule has 0 aromatic carbocycles. The first-order valence-corrected chi connectivity index (χ1v) is 5.76. The molecule has 2 amide bonds. The van der Waals surface area contributed by atoms with Crippen molar-refractivity contribution in [1.82, 2.24) is 4.90 Å². The highest BCUT2D eigenvalue weighted by molar-refractivity contribution is 6.13. The van der Waals surface area contributed by atoms with Gasteiger partial charge in [0.2, 0.25) is 11.8 Å². The summed E-state index contributed by atoms with van der Waals surface area (Å²) in [6, 6.07) is 0. The number of fused-ring (bicyclic) bond motifs is 1. The van der Waals surface area contributed by atoms with Crippen molar-refractivity contribution in [2.45, 2.75) is 12.8 Å². The molecule has 0 radical (unpaired) electrons. The fourth-order valence-electron chi connectivity index (χ4n) is 2.46. The van der Waals surface area contributed by atoms with Crippen LogP contribution in [0.2, 0.25) is 0 Å². The first-order chi connectivity index (χ1) is 8.13. The van der Waals surface area contributed by atoms with Crippen LogP contribution in [0.4, 0.5) is 0 Å². The van der Waals surface area contributed by atoms with E-state index >= 15 is 0 Å². The molecular formula is C11H16N2O4. The molecule has 1 saturated carbocycles. The molecular weight excluding hydrogens is 224 g/mol. The third kappa shape index (κ3) is 1.82. The Morgan fingerprint density at radius 3 is 2.35 bits per heavy atom. The lowest BCUT2D eigenvalue weighted by molar-refractivity contribution is -0.150. The van der Waals surface area contributed by atoms with E-state index in [-0.39, 0.29) is 11.8 Å². The Bertz CT molecular complexity index is 346. The van der Waals surface area contributed by atoms with Crippen molar-refractivity contribution >= 4 is 17.8 Å². The van der Waals surface area contributed by atoms with Gasteiger partial charge in [-0.15, -0.1) is 0 Å². The van der Waals surface area contributed by atoms with Gasteiger partial charge in [-0.25, -0.2) is 0 Å². The van der Waals surface area contributed by atoms with Gasteiger partial charge in [0, 0.05) is 6.54 Å². The number of esters is 1. The van der Waals surface area contributed by atoms with Crippen LogP contribution in [0.1, 0.15) is 12.8 Å². The molecule has 2 N–H and O–H groups in total. The van der Waals surface area contributed by atoms with E-state index in [4.69, 9.17) is 5.73 Å². The van der Waals surface area contributed by atoms with E-state index in [0.717, 1.165) is 12.8 Å². The average molecular weight is 240 g/mol. The number of ether oxygens (including phenoxy) is 1. The molecule has 2 fully saturated rings. The van der Waals surface area contributed by atoms with Crippen molar-refractivity contribution < 1.29 is 19.1 Å². The first kappa shape index (κ1) is 12.0. The summed E-state index contributed by atoms with van der Waals surface area (Å²) >= 11 is 0. The zero-order chi connectivity index (χ0) is 12.6. The number of nitrogens with zero attached hydrogens (tertiary/aromatic N) is 1. The number of imide groups is 1. The Kier molecular flexibility index (Phi) is 3.15. The number of piperidine rings is 1. The topological polar surface area (TPSA) is 89.7 Å². The maximum Gasteiger partial charge on any atom is 0.310 e. The van der Waals surface area contributed by atoms with Gasteiger partial charge in [-0.1, -0.05) is 0 Å². The SMILES string of the molecule is COC(=O)C1C2C(=O)N(CCCCN)C(=O)C12. The Morgan fingerprint density at radius 1 is 1.29 bits per heavy atom. The molecule has 1 heterocycles. The molecule has 1 aliphatic heterocycles. The highest BCUT2D eigenvalue weighted by Gasteiger charge is 2.70. The lowest BCUT2D eigenvalue weighted by Gasteiger charge is -2.17. The maximum absolute atomic E-state index is 11.8. The third-order valence-electron chi connectivity index (χ3n) is 3.43. The van der Waals surface area contributed by atoms with Crippen LogP contribution >= 0.6 is 0 Å². The summed E-state index contributed by atoms with van der Waals surface area (Å²) < 4.78 is 4.56. The minimum atomic E-state index is -0.536. The third-order valence-corrected chi connectivity index (χ3v) is 3.43. The van der Waals surface area contributed by atoms with Gasteiger partial charge in [0.1, 0.15) is 0 Å². The minimum Gasteiger partial charge on any atom is -0.469 e. The summed E-state index contributed by atoms with van der Waals surface area (Å²) in [7, 11) is 1.27. The van der Waals surface area contributed by atoms with E-state index < -0.39 is 23.7 Å². The molecule has 2 aliphatic rings. The lowest BCUT2D eigenvalue weighted by atomic mass is 10.2. The number of rotatable bonds is 5. The Balaban J connectivity index is 1.94.